The van der Waals surface area contributed by atoms with Crippen LogP contribution in [-0.2, 0) is 23.0 Å². The van der Waals surface area contributed by atoms with Gasteiger partial charge in [0.15, 0.2) is 9.84 Å². The van der Waals surface area contributed by atoms with Crippen LogP contribution in [0.15, 0.2) is 76.8 Å². The molecule has 0 bridgehead atoms. The molecular weight excluding hydrogens is 629 g/mol. The summed E-state index contributed by atoms with van der Waals surface area (Å²) >= 11 is 5.09. The van der Waals surface area contributed by atoms with Crippen LogP contribution < -0.4 is 15.4 Å². The van der Waals surface area contributed by atoms with E-state index in [9.17, 15) is 12.8 Å². The second kappa shape index (κ2) is 13.0. The zero-order valence-corrected chi connectivity index (χ0v) is 25.3. The topological polar surface area (TPSA) is 106 Å². The summed E-state index contributed by atoms with van der Waals surface area (Å²) in [6.45, 7) is 2.80. The number of anilines is 2. The molecule has 0 fully saturated rings. The Hall–Kier alpha value is -3.45. The zero-order valence-electron chi connectivity index (χ0n) is 22.1. The van der Waals surface area contributed by atoms with Gasteiger partial charge in [-0.25, -0.2) is 27.8 Å². The number of hydrogen-bond donors (Lipinski definition) is 2. The molecule has 8 nitrogen and oxygen atoms in total. The van der Waals surface area contributed by atoms with Gasteiger partial charge in [0.25, 0.3) is 0 Å². The van der Waals surface area contributed by atoms with Crippen LogP contribution in [0.2, 0.25) is 0 Å². The van der Waals surface area contributed by atoms with Gasteiger partial charge in [0.2, 0.25) is 0 Å². The van der Waals surface area contributed by atoms with E-state index in [-0.39, 0.29) is 23.9 Å². The van der Waals surface area contributed by atoms with Crippen LogP contribution >= 0.6 is 27.3 Å². The van der Waals surface area contributed by atoms with Crippen LogP contribution in [0.4, 0.5) is 15.9 Å². The van der Waals surface area contributed by atoms with Crippen LogP contribution in [0, 0.1) is 5.82 Å². The quantitative estimate of drug-likeness (QED) is 0.147. The first-order valence-corrected chi connectivity index (χ1v) is 16.3. The average Bonchev–Trinajstić information content (AvgIpc) is 3.44. The number of sulfone groups is 1. The molecule has 3 aromatic carbocycles. The minimum absolute atomic E-state index is 0.115. The lowest BCUT2D eigenvalue weighted by atomic mass is 10.1. The summed E-state index contributed by atoms with van der Waals surface area (Å²) in [6, 6.07) is 17.8. The number of nitrogens with one attached hydrogen (secondary N) is 2. The van der Waals surface area contributed by atoms with Gasteiger partial charge in [-0.1, -0.05) is 25.1 Å². The van der Waals surface area contributed by atoms with Crippen molar-refractivity contribution < 1.29 is 17.5 Å². The number of hydrogen-bond acceptors (Lipinski definition) is 9. The smallest absolute Gasteiger partial charge is 0.151 e. The first kappa shape index (κ1) is 29.1. The lowest BCUT2D eigenvalue weighted by Gasteiger charge is -2.12. The van der Waals surface area contributed by atoms with Crippen molar-refractivity contribution in [1.29, 1.82) is 0 Å². The summed E-state index contributed by atoms with van der Waals surface area (Å²) in [6.07, 6.45) is 1.52. The molecule has 12 heteroatoms. The summed E-state index contributed by atoms with van der Waals surface area (Å²) in [7, 11) is -3.00. The lowest BCUT2D eigenvalue weighted by molar-refractivity contribution is 0.303. The van der Waals surface area contributed by atoms with E-state index >= 15 is 0 Å². The number of thiazole rings is 1. The first-order chi connectivity index (χ1) is 19.8. The van der Waals surface area contributed by atoms with Crippen LogP contribution in [0.3, 0.4) is 0 Å². The van der Waals surface area contributed by atoms with Crippen molar-refractivity contribution in [2.75, 3.05) is 23.4 Å². The molecule has 0 aliphatic rings. The van der Waals surface area contributed by atoms with Gasteiger partial charge in [-0.15, -0.1) is 11.3 Å². The predicted octanol–water partition coefficient (Wildman–Crippen LogP) is 6.50. The average molecular weight is 657 g/mol. The van der Waals surface area contributed by atoms with E-state index in [4.69, 9.17) is 9.72 Å². The van der Waals surface area contributed by atoms with Crippen molar-refractivity contribution in [3.63, 3.8) is 0 Å². The summed E-state index contributed by atoms with van der Waals surface area (Å²) < 4.78 is 43.4. The monoisotopic (exact) mass is 655 g/mol. The molecule has 0 saturated heterocycles. The molecule has 0 radical (unpaired) electrons. The number of halogens is 2. The van der Waals surface area contributed by atoms with E-state index < -0.39 is 9.84 Å². The van der Waals surface area contributed by atoms with Gasteiger partial charge >= 0.3 is 0 Å². The lowest BCUT2D eigenvalue weighted by Crippen LogP contribution is -2.23. The van der Waals surface area contributed by atoms with E-state index in [0.29, 0.717) is 24.7 Å². The standard InChI is InChI=1S/C29H27BrFN5O3S2/c1-2-41(37,38)11-10-32-15-28-36-26(17-40-28)20-6-8-25-23(13-20)29(34-18-33-25)35-22-7-9-27(24(30)14-22)39-16-19-4-3-5-21(31)12-19/h3-9,12-14,17-18,32H,2,10-11,15-16H2,1H3,(H,33,34,35). The second-order valence-corrected chi connectivity index (χ2v) is 13.5. The van der Waals surface area contributed by atoms with Crippen molar-refractivity contribution in [2.24, 2.45) is 0 Å². The number of fused-ring (bicyclic) bond motifs is 1. The maximum Gasteiger partial charge on any atom is 0.151 e. The molecule has 41 heavy (non-hydrogen) atoms. The van der Waals surface area contributed by atoms with Crippen molar-refractivity contribution >= 4 is 59.5 Å². The molecule has 0 saturated carbocycles. The highest BCUT2D eigenvalue weighted by atomic mass is 79.9. The summed E-state index contributed by atoms with van der Waals surface area (Å²) in [5.74, 6) is 1.24. The van der Waals surface area contributed by atoms with Crippen molar-refractivity contribution in [3.8, 4) is 17.0 Å². The Morgan fingerprint density at radius 1 is 1.07 bits per heavy atom. The Balaban J connectivity index is 1.28. The summed E-state index contributed by atoms with van der Waals surface area (Å²) in [5, 5.41) is 10.2. The predicted molar refractivity (Wildman–Crippen MR) is 165 cm³/mol. The Morgan fingerprint density at radius 2 is 1.95 bits per heavy atom. The highest BCUT2D eigenvalue weighted by molar-refractivity contribution is 9.10. The highest BCUT2D eigenvalue weighted by Gasteiger charge is 2.12. The molecule has 0 amide bonds. The fourth-order valence-corrected chi connectivity index (χ4v) is 6.04. The molecule has 0 unspecified atom stereocenters. The molecule has 5 rings (SSSR count). The van der Waals surface area contributed by atoms with Gasteiger partial charge in [-0.05, 0) is 64.0 Å². The zero-order chi connectivity index (χ0) is 28.8. The first-order valence-electron chi connectivity index (χ1n) is 12.8. The molecule has 2 heterocycles. The number of aromatic nitrogens is 3. The molecule has 0 spiro atoms. The normalized spacial score (nSPS) is 11.6. The van der Waals surface area contributed by atoms with Gasteiger partial charge in [-0.2, -0.15) is 0 Å². The van der Waals surface area contributed by atoms with Gasteiger partial charge in [0, 0.05) is 40.9 Å². The molecule has 5 aromatic rings. The Morgan fingerprint density at radius 3 is 2.76 bits per heavy atom. The van der Waals surface area contributed by atoms with Gasteiger partial charge in [0.05, 0.1) is 21.4 Å². The number of benzene rings is 3. The molecule has 2 N–H and O–H groups in total. The molecule has 2 aromatic heterocycles. The van der Waals surface area contributed by atoms with E-state index in [1.165, 1.54) is 29.8 Å². The fraction of sp³-hybridized carbons (Fsp3) is 0.207. The number of ether oxygens (including phenoxy) is 1. The SMILES string of the molecule is CCS(=O)(=O)CCNCc1nc(-c2ccc3ncnc(Nc4ccc(OCc5cccc(F)c5)c(Br)c4)c3c2)cs1. The Bertz CT molecular complexity index is 1780. The van der Waals surface area contributed by atoms with E-state index in [1.807, 2.05) is 47.8 Å². The number of nitrogens with zero attached hydrogens (tertiary/aromatic N) is 3. The maximum absolute atomic E-state index is 13.5. The molecule has 212 valence electrons. The Kier molecular flexibility index (Phi) is 9.23. The van der Waals surface area contributed by atoms with Crippen LogP contribution in [-0.4, -0.2) is 41.4 Å². The third-order valence-corrected chi connectivity index (χ3v) is 9.44. The van der Waals surface area contributed by atoms with E-state index in [0.717, 1.165) is 42.9 Å². The second-order valence-electron chi connectivity index (χ2n) is 9.18. The van der Waals surface area contributed by atoms with Crippen LogP contribution in [0.5, 0.6) is 5.75 Å². The maximum atomic E-state index is 13.5. The van der Waals surface area contributed by atoms with Gasteiger partial charge in [0.1, 0.15) is 35.3 Å². The highest BCUT2D eigenvalue weighted by Crippen LogP contribution is 2.33. The van der Waals surface area contributed by atoms with Crippen molar-refractivity contribution in [1.82, 2.24) is 20.3 Å². The Labute approximate surface area is 250 Å². The van der Waals surface area contributed by atoms with Gasteiger partial charge in [-0.3, -0.25) is 0 Å². The molecular formula is C29H27BrFN5O3S2. The fourth-order valence-electron chi connectivity index (χ4n) is 4.03. The van der Waals surface area contributed by atoms with Gasteiger partial charge < -0.3 is 15.4 Å². The largest absolute Gasteiger partial charge is 0.488 e. The van der Waals surface area contributed by atoms with Crippen molar-refractivity contribution in [2.45, 2.75) is 20.1 Å². The van der Waals surface area contributed by atoms with E-state index in [2.05, 4.69) is 36.5 Å². The minimum atomic E-state index is -3.00. The molecule has 0 aliphatic heterocycles. The van der Waals surface area contributed by atoms with Crippen LogP contribution in [0.1, 0.15) is 17.5 Å². The van der Waals surface area contributed by atoms with Crippen LogP contribution in [0.25, 0.3) is 22.2 Å². The third-order valence-electron chi connectivity index (χ3n) is 6.27. The van der Waals surface area contributed by atoms with Crippen molar-refractivity contribution in [3.05, 3.63) is 93.2 Å². The third kappa shape index (κ3) is 7.64. The summed E-state index contributed by atoms with van der Waals surface area (Å²) in [4.78, 5) is 13.6. The minimum Gasteiger partial charge on any atom is -0.488 e. The molecule has 0 aliphatic carbocycles. The number of rotatable bonds is 12. The molecule has 0 atom stereocenters. The van der Waals surface area contributed by atoms with E-state index in [1.54, 1.807) is 13.0 Å². The summed E-state index contributed by atoms with van der Waals surface area (Å²) in [5.41, 5.74) is 4.08.